The molecule has 58 heavy (non-hydrogen) atoms. The molecular weight excluding hydrogens is 762 g/mol. The van der Waals surface area contributed by atoms with Gasteiger partial charge in [-0.2, -0.15) is 0 Å². The zero-order chi connectivity index (χ0) is 42.3. The molecular formula is C41H58F2N4O11. The number of amides is 3. The van der Waals surface area contributed by atoms with Gasteiger partial charge < -0.3 is 50.8 Å². The monoisotopic (exact) mass is 820 g/mol. The first kappa shape index (κ1) is 47.8. The van der Waals surface area contributed by atoms with Crippen molar-refractivity contribution in [2.45, 2.75) is 121 Å². The molecule has 1 aliphatic heterocycles. The van der Waals surface area contributed by atoms with Crippen molar-refractivity contribution in [1.29, 1.82) is 0 Å². The Morgan fingerprint density at radius 2 is 1.28 bits per heavy atom. The Labute approximate surface area is 337 Å². The molecule has 322 valence electrons. The van der Waals surface area contributed by atoms with Gasteiger partial charge in [0.2, 0.25) is 17.7 Å². The van der Waals surface area contributed by atoms with Gasteiger partial charge in [-0.25, -0.2) is 18.4 Å². The summed E-state index contributed by atoms with van der Waals surface area (Å²) in [7, 11) is 0. The number of nitrogens with one attached hydrogen (secondary N) is 3. The van der Waals surface area contributed by atoms with E-state index < -0.39 is 85.3 Å². The third kappa shape index (κ3) is 16.7. The predicted octanol–water partition coefficient (Wildman–Crippen LogP) is 3.19. The standard InChI is InChI=1S/C41H58F2N4O11/c1-2-3-7-13-34(50)47-31(38(52)46-24-11-6-8-12-33(49)45-23-10-5-4-9-22-44)26-55-41-37(58-40(54)28-16-20-30(43)21-17-28)36(35(51)32(25-48)56-41)57-39(53)27-14-18-29(42)19-15-27/h14-21,31-32,35-37,41,48,51H,2-13,22-26,44H2,1H3,(H,45,49)(H,46,52)(H,47,50)/t31-,32+,35+,36-,37+,41+/m0/s1. The largest absolute Gasteiger partial charge is 0.452 e. The molecule has 0 saturated carbocycles. The number of rotatable bonds is 26. The summed E-state index contributed by atoms with van der Waals surface area (Å²) in [6, 6.07) is 7.32. The minimum Gasteiger partial charge on any atom is -0.452 e. The number of esters is 2. The minimum atomic E-state index is -1.78. The van der Waals surface area contributed by atoms with E-state index in [2.05, 4.69) is 16.0 Å². The van der Waals surface area contributed by atoms with Crippen LogP contribution in [0.3, 0.4) is 0 Å². The molecule has 3 amide bonds. The molecule has 7 N–H and O–H groups in total. The number of halogens is 2. The van der Waals surface area contributed by atoms with Crippen LogP contribution in [0.2, 0.25) is 0 Å². The molecule has 0 spiro atoms. The maximum absolute atomic E-state index is 13.6. The second-order valence-electron chi connectivity index (χ2n) is 14.0. The first-order valence-corrected chi connectivity index (χ1v) is 20.0. The maximum Gasteiger partial charge on any atom is 0.338 e. The van der Waals surface area contributed by atoms with Gasteiger partial charge in [0.1, 0.15) is 29.9 Å². The van der Waals surface area contributed by atoms with Crippen LogP contribution in [-0.2, 0) is 33.3 Å². The number of ether oxygens (including phenoxy) is 4. The second kappa shape index (κ2) is 26.5. The summed E-state index contributed by atoms with van der Waals surface area (Å²) in [6.45, 7) is 2.11. The molecule has 0 aliphatic carbocycles. The SMILES string of the molecule is CCCCCC(=O)N[C@@H](CO[C@@H]1O[C@H](CO)[C@@H](O)[C@H](OC(=O)c2ccc(F)cc2)[C@H]1OC(=O)c1ccc(F)cc1)C(=O)NCCCCCC(=O)NCCCCCCN. The molecule has 1 heterocycles. The molecule has 0 unspecified atom stereocenters. The van der Waals surface area contributed by atoms with Crippen LogP contribution >= 0.6 is 0 Å². The van der Waals surface area contributed by atoms with Gasteiger partial charge in [0.15, 0.2) is 18.5 Å². The van der Waals surface area contributed by atoms with E-state index >= 15 is 0 Å². The normalized spacial score (nSPS) is 19.4. The number of aliphatic hydroxyl groups is 2. The lowest BCUT2D eigenvalue weighted by atomic mass is 9.98. The highest BCUT2D eigenvalue weighted by molar-refractivity contribution is 5.90. The lowest BCUT2D eigenvalue weighted by molar-refractivity contribution is -0.299. The van der Waals surface area contributed by atoms with Crippen LogP contribution in [0.15, 0.2) is 48.5 Å². The average molecular weight is 821 g/mol. The Balaban J connectivity index is 1.72. The highest BCUT2D eigenvalue weighted by atomic mass is 19.1. The van der Waals surface area contributed by atoms with E-state index in [-0.39, 0.29) is 30.0 Å². The number of hydrogen-bond donors (Lipinski definition) is 6. The number of unbranched alkanes of at least 4 members (excludes halogenated alkanes) is 7. The van der Waals surface area contributed by atoms with Gasteiger partial charge in [0.05, 0.1) is 24.3 Å². The van der Waals surface area contributed by atoms with Gasteiger partial charge >= 0.3 is 11.9 Å². The van der Waals surface area contributed by atoms with Crippen molar-refractivity contribution in [2.24, 2.45) is 5.73 Å². The highest BCUT2D eigenvalue weighted by Crippen LogP contribution is 2.29. The maximum atomic E-state index is 13.6. The fourth-order valence-electron chi connectivity index (χ4n) is 6.03. The summed E-state index contributed by atoms with van der Waals surface area (Å²) in [4.78, 5) is 65.0. The van der Waals surface area contributed by atoms with E-state index in [9.17, 15) is 43.0 Å². The van der Waals surface area contributed by atoms with Gasteiger partial charge in [-0.05, 0) is 87.2 Å². The molecule has 17 heteroatoms. The van der Waals surface area contributed by atoms with E-state index in [4.69, 9.17) is 24.7 Å². The Morgan fingerprint density at radius 1 is 0.741 bits per heavy atom. The van der Waals surface area contributed by atoms with Crippen molar-refractivity contribution in [3.8, 4) is 0 Å². The van der Waals surface area contributed by atoms with Crippen molar-refractivity contribution >= 4 is 29.7 Å². The zero-order valence-corrected chi connectivity index (χ0v) is 33.0. The Bertz CT molecular complexity index is 1570. The molecule has 0 bridgehead atoms. The summed E-state index contributed by atoms with van der Waals surface area (Å²) >= 11 is 0. The molecule has 6 atom stereocenters. The molecule has 3 rings (SSSR count). The smallest absolute Gasteiger partial charge is 0.338 e. The highest BCUT2D eigenvalue weighted by Gasteiger charge is 2.50. The summed E-state index contributed by atoms with van der Waals surface area (Å²) in [5, 5.41) is 29.6. The molecule has 1 saturated heterocycles. The van der Waals surface area contributed by atoms with E-state index in [0.29, 0.717) is 45.2 Å². The number of carbonyl (C=O) groups is 5. The van der Waals surface area contributed by atoms with E-state index in [0.717, 1.165) is 87.1 Å². The van der Waals surface area contributed by atoms with Crippen LogP contribution in [0.25, 0.3) is 0 Å². The van der Waals surface area contributed by atoms with Crippen LogP contribution in [0, 0.1) is 11.6 Å². The van der Waals surface area contributed by atoms with E-state index in [1.807, 2.05) is 6.92 Å². The molecule has 15 nitrogen and oxygen atoms in total. The second-order valence-corrected chi connectivity index (χ2v) is 14.0. The number of aliphatic hydroxyl groups excluding tert-OH is 2. The first-order valence-electron chi connectivity index (χ1n) is 20.0. The van der Waals surface area contributed by atoms with Crippen molar-refractivity contribution < 1.29 is 61.9 Å². The van der Waals surface area contributed by atoms with Crippen LogP contribution in [0.5, 0.6) is 0 Å². The Morgan fingerprint density at radius 3 is 1.86 bits per heavy atom. The van der Waals surface area contributed by atoms with Crippen LogP contribution < -0.4 is 21.7 Å². The minimum absolute atomic E-state index is 0.0409. The number of nitrogens with two attached hydrogens (primary N) is 1. The van der Waals surface area contributed by atoms with E-state index in [1.54, 1.807) is 0 Å². The van der Waals surface area contributed by atoms with Crippen LogP contribution in [-0.4, -0.2) is 109 Å². The summed E-state index contributed by atoms with van der Waals surface area (Å²) in [5.41, 5.74) is 5.27. The fourth-order valence-corrected chi connectivity index (χ4v) is 6.03. The van der Waals surface area contributed by atoms with Gasteiger partial charge in [0.25, 0.3) is 0 Å². The first-order chi connectivity index (χ1) is 28.0. The molecule has 2 aromatic rings. The predicted molar refractivity (Wildman–Crippen MR) is 207 cm³/mol. The average Bonchev–Trinajstić information content (AvgIpc) is 3.21. The van der Waals surface area contributed by atoms with Gasteiger partial charge in [-0.15, -0.1) is 0 Å². The molecule has 0 aromatic heterocycles. The lowest BCUT2D eigenvalue weighted by Gasteiger charge is -2.43. The Kier molecular flexibility index (Phi) is 21.8. The van der Waals surface area contributed by atoms with Gasteiger partial charge in [-0.3, -0.25) is 14.4 Å². The van der Waals surface area contributed by atoms with Crippen molar-refractivity contribution in [3.63, 3.8) is 0 Å². The summed E-state index contributed by atoms with van der Waals surface area (Å²) < 4.78 is 50.2. The number of benzene rings is 2. The lowest BCUT2D eigenvalue weighted by Crippen LogP contribution is -2.62. The van der Waals surface area contributed by atoms with Crippen LogP contribution in [0.4, 0.5) is 8.78 Å². The van der Waals surface area contributed by atoms with Crippen molar-refractivity contribution in [2.75, 3.05) is 32.8 Å². The van der Waals surface area contributed by atoms with Crippen molar-refractivity contribution in [3.05, 3.63) is 71.3 Å². The van der Waals surface area contributed by atoms with Gasteiger partial charge in [0, 0.05) is 25.9 Å². The topological polar surface area (TPSA) is 225 Å². The summed E-state index contributed by atoms with van der Waals surface area (Å²) in [6.07, 6.45) is -0.0200. The molecule has 0 radical (unpaired) electrons. The third-order valence-electron chi connectivity index (χ3n) is 9.36. The van der Waals surface area contributed by atoms with Crippen LogP contribution in [0.1, 0.15) is 105 Å². The molecule has 2 aromatic carbocycles. The molecule has 1 fully saturated rings. The number of carbonyl (C=O) groups excluding carboxylic acids is 5. The fraction of sp³-hybridized carbons (Fsp3) is 0.585. The van der Waals surface area contributed by atoms with Gasteiger partial charge in [-0.1, -0.05) is 39.0 Å². The van der Waals surface area contributed by atoms with E-state index in [1.165, 1.54) is 0 Å². The quantitative estimate of drug-likeness (QED) is 0.0595. The third-order valence-corrected chi connectivity index (χ3v) is 9.36. The zero-order valence-electron chi connectivity index (χ0n) is 33.0. The summed E-state index contributed by atoms with van der Waals surface area (Å²) in [5.74, 6) is -4.43. The van der Waals surface area contributed by atoms with Crippen molar-refractivity contribution in [1.82, 2.24) is 16.0 Å². The number of hydrogen-bond acceptors (Lipinski definition) is 12. The molecule has 1 aliphatic rings. The Hall–Kier alpha value is -4.55.